The molecule has 2 aromatic rings. The highest BCUT2D eigenvalue weighted by Crippen LogP contribution is 2.27. The number of hydrogen-bond donors (Lipinski definition) is 1. The predicted molar refractivity (Wildman–Crippen MR) is 108 cm³/mol. The van der Waals surface area contributed by atoms with E-state index < -0.39 is 0 Å². The molecular weight excluding hydrogens is 336 g/mol. The van der Waals surface area contributed by atoms with E-state index in [9.17, 15) is 10.1 Å². The third-order valence-corrected chi connectivity index (χ3v) is 5.67. The van der Waals surface area contributed by atoms with Gasteiger partial charge in [-0.1, -0.05) is 36.8 Å². The molecule has 3 rings (SSSR count). The van der Waals surface area contributed by atoms with Crippen molar-refractivity contribution in [1.29, 1.82) is 5.26 Å². The third-order valence-electron chi connectivity index (χ3n) is 5.67. The van der Waals surface area contributed by atoms with E-state index in [-0.39, 0.29) is 5.91 Å². The molecule has 1 aliphatic heterocycles. The van der Waals surface area contributed by atoms with Gasteiger partial charge in [0.15, 0.2) is 0 Å². The molecule has 142 valence electrons. The Morgan fingerprint density at radius 3 is 2.67 bits per heavy atom. The number of rotatable bonds is 5. The van der Waals surface area contributed by atoms with Crippen LogP contribution in [0, 0.1) is 25.2 Å². The van der Waals surface area contributed by atoms with Crippen LogP contribution >= 0.6 is 0 Å². The van der Waals surface area contributed by atoms with E-state index in [1.54, 1.807) is 0 Å². The second-order valence-corrected chi connectivity index (χ2v) is 7.48. The lowest BCUT2D eigenvalue weighted by molar-refractivity contribution is -0.118. The van der Waals surface area contributed by atoms with Crippen molar-refractivity contribution >= 4 is 11.7 Å². The average molecular weight is 364 g/mol. The van der Waals surface area contributed by atoms with E-state index in [2.05, 4.69) is 35.3 Å². The fourth-order valence-corrected chi connectivity index (χ4v) is 3.84. The number of carbonyl (C=O) groups excluding carboxylic acids is 1. The maximum Gasteiger partial charge on any atom is 0.239 e. The SMILES string of the molecule is Cc1c(C#N)c(NC(=O)CN2CCCC[C@@H]2C)n(Cc2ccccc2)c1C. The molecule has 0 saturated carbocycles. The highest BCUT2D eigenvalue weighted by Gasteiger charge is 2.23. The van der Waals surface area contributed by atoms with Gasteiger partial charge >= 0.3 is 0 Å². The highest BCUT2D eigenvalue weighted by atomic mass is 16.2. The van der Waals surface area contributed by atoms with Gasteiger partial charge in [0.25, 0.3) is 0 Å². The van der Waals surface area contributed by atoms with Crippen LogP contribution in [0.1, 0.15) is 48.6 Å². The van der Waals surface area contributed by atoms with Crippen LogP contribution in [0.5, 0.6) is 0 Å². The van der Waals surface area contributed by atoms with Gasteiger partial charge in [-0.3, -0.25) is 9.69 Å². The van der Waals surface area contributed by atoms with Gasteiger partial charge in [0.1, 0.15) is 11.9 Å². The molecular formula is C22H28N4O. The Morgan fingerprint density at radius 1 is 1.26 bits per heavy atom. The smallest absolute Gasteiger partial charge is 0.239 e. The lowest BCUT2D eigenvalue weighted by Crippen LogP contribution is -2.42. The van der Waals surface area contributed by atoms with E-state index in [1.165, 1.54) is 6.42 Å². The van der Waals surface area contributed by atoms with Crippen LogP contribution in [-0.2, 0) is 11.3 Å². The molecule has 5 nitrogen and oxygen atoms in total. The molecule has 0 unspecified atom stereocenters. The van der Waals surface area contributed by atoms with Crippen LogP contribution < -0.4 is 5.32 Å². The minimum absolute atomic E-state index is 0.0490. The summed E-state index contributed by atoms with van der Waals surface area (Å²) in [6.07, 6.45) is 3.51. The van der Waals surface area contributed by atoms with Crippen molar-refractivity contribution in [1.82, 2.24) is 9.47 Å². The standard InChI is InChI=1S/C22H28N4O/c1-16-9-7-8-12-25(16)15-21(27)24-22-20(13-23)17(2)18(3)26(22)14-19-10-5-4-6-11-19/h4-6,10-11,16H,7-9,12,14-15H2,1-3H3,(H,24,27)/t16-/m0/s1. The van der Waals surface area contributed by atoms with Gasteiger partial charge in [0.05, 0.1) is 12.1 Å². The number of hydrogen-bond acceptors (Lipinski definition) is 3. The molecule has 1 atom stereocenters. The van der Waals surface area contributed by atoms with Gasteiger partial charge in [0.2, 0.25) is 5.91 Å². The van der Waals surface area contributed by atoms with E-state index in [0.717, 1.165) is 36.2 Å². The first-order valence-electron chi connectivity index (χ1n) is 9.69. The number of benzene rings is 1. The van der Waals surface area contributed by atoms with Gasteiger partial charge < -0.3 is 9.88 Å². The zero-order valence-electron chi connectivity index (χ0n) is 16.5. The van der Waals surface area contributed by atoms with Crippen molar-refractivity contribution in [2.75, 3.05) is 18.4 Å². The average Bonchev–Trinajstić information content (AvgIpc) is 2.88. The van der Waals surface area contributed by atoms with Crippen molar-refractivity contribution in [3.05, 3.63) is 52.7 Å². The molecule has 5 heteroatoms. The normalized spacial score (nSPS) is 17.5. The minimum atomic E-state index is -0.0490. The first-order valence-corrected chi connectivity index (χ1v) is 9.69. The van der Waals surface area contributed by atoms with Gasteiger partial charge in [-0.15, -0.1) is 0 Å². The molecule has 1 amide bonds. The summed E-state index contributed by atoms with van der Waals surface area (Å²) in [5, 5.41) is 12.7. The van der Waals surface area contributed by atoms with Crippen molar-refractivity contribution in [2.24, 2.45) is 0 Å². The zero-order chi connectivity index (χ0) is 19.4. The van der Waals surface area contributed by atoms with Crippen LogP contribution in [0.3, 0.4) is 0 Å². The topological polar surface area (TPSA) is 61.1 Å². The first kappa shape index (κ1) is 19.2. The van der Waals surface area contributed by atoms with E-state index in [4.69, 9.17) is 0 Å². The van der Waals surface area contributed by atoms with E-state index >= 15 is 0 Å². The molecule has 0 spiro atoms. The van der Waals surface area contributed by atoms with Crippen LogP contribution in [0.4, 0.5) is 5.82 Å². The fraction of sp³-hybridized carbons (Fsp3) is 0.455. The quantitative estimate of drug-likeness (QED) is 0.877. The van der Waals surface area contributed by atoms with Crippen molar-refractivity contribution in [2.45, 2.75) is 52.6 Å². The van der Waals surface area contributed by atoms with Crippen molar-refractivity contribution < 1.29 is 4.79 Å². The number of nitrogens with one attached hydrogen (secondary N) is 1. The minimum Gasteiger partial charge on any atom is -0.326 e. The highest BCUT2D eigenvalue weighted by molar-refractivity contribution is 5.93. The first-order chi connectivity index (χ1) is 13.0. The van der Waals surface area contributed by atoms with Crippen molar-refractivity contribution in [3.63, 3.8) is 0 Å². The second-order valence-electron chi connectivity index (χ2n) is 7.48. The molecule has 2 heterocycles. The molecule has 1 aromatic heterocycles. The van der Waals surface area contributed by atoms with Gasteiger partial charge in [0, 0.05) is 18.3 Å². The number of piperidine rings is 1. The lowest BCUT2D eigenvalue weighted by atomic mass is 10.0. The summed E-state index contributed by atoms with van der Waals surface area (Å²) in [6.45, 7) is 8.09. The Kier molecular flexibility index (Phi) is 5.98. The maximum atomic E-state index is 12.7. The molecule has 0 radical (unpaired) electrons. The maximum absolute atomic E-state index is 12.7. The number of carbonyl (C=O) groups is 1. The molecule has 27 heavy (non-hydrogen) atoms. The van der Waals surface area contributed by atoms with Gasteiger partial charge in [-0.25, -0.2) is 0 Å². The number of amides is 1. The predicted octanol–water partition coefficient (Wildman–Crippen LogP) is 3.84. The van der Waals surface area contributed by atoms with Crippen LogP contribution in [0.2, 0.25) is 0 Å². The number of likely N-dealkylation sites (tertiary alicyclic amines) is 1. The monoisotopic (exact) mass is 364 g/mol. The van der Waals surface area contributed by atoms with Gasteiger partial charge in [-0.2, -0.15) is 5.26 Å². The Balaban J connectivity index is 1.84. The largest absolute Gasteiger partial charge is 0.326 e. The molecule has 1 aliphatic rings. The molecule has 1 saturated heterocycles. The van der Waals surface area contributed by atoms with Gasteiger partial charge in [-0.05, 0) is 51.3 Å². The summed E-state index contributed by atoms with van der Waals surface area (Å²) in [4.78, 5) is 15.0. The Morgan fingerprint density at radius 2 is 2.00 bits per heavy atom. The zero-order valence-corrected chi connectivity index (χ0v) is 16.5. The Labute approximate surface area is 161 Å². The summed E-state index contributed by atoms with van der Waals surface area (Å²) in [5.41, 5.74) is 3.64. The molecule has 0 aliphatic carbocycles. The number of aromatic nitrogens is 1. The van der Waals surface area contributed by atoms with Crippen molar-refractivity contribution in [3.8, 4) is 6.07 Å². The molecule has 1 fully saturated rings. The van der Waals surface area contributed by atoms with Crippen LogP contribution in [0.25, 0.3) is 0 Å². The lowest BCUT2D eigenvalue weighted by Gasteiger charge is -2.32. The summed E-state index contributed by atoms with van der Waals surface area (Å²) in [7, 11) is 0. The Hall–Kier alpha value is -2.58. The number of anilines is 1. The Bertz CT molecular complexity index is 847. The van der Waals surface area contributed by atoms with E-state index in [0.29, 0.717) is 30.5 Å². The summed E-state index contributed by atoms with van der Waals surface area (Å²) in [6, 6.07) is 12.8. The summed E-state index contributed by atoms with van der Waals surface area (Å²) >= 11 is 0. The number of nitriles is 1. The second kappa shape index (κ2) is 8.41. The summed E-state index contributed by atoms with van der Waals surface area (Å²) < 4.78 is 2.04. The van der Waals surface area contributed by atoms with E-state index in [1.807, 2.05) is 36.6 Å². The number of nitrogens with zero attached hydrogens (tertiary/aromatic N) is 3. The van der Waals surface area contributed by atoms with Crippen LogP contribution in [-0.4, -0.2) is 34.5 Å². The summed E-state index contributed by atoms with van der Waals surface area (Å²) in [5.74, 6) is 0.568. The molecule has 1 aromatic carbocycles. The molecule has 1 N–H and O–H groups in total. The third kappa shape index (κ3) is 4.23. The fourth-order valence-electron chi connectivity index (χ4n) is 3.84. The van der Waals surface area contributed by atoms with Crippen LogP contribution in [0.15, 0.2) is 30.3 Å². The molecule has 0 bridgehead atoms.